The first kappa shape index (κ1) is 22.8. The fourth-order valence-electron chi connectivity index (χ4n) is 3.57. The number of methoxy groups -OCH3 is 1. The van der Waals surface area contributed by atoms with Crippen LogP contribution in [0.15, 0.2) is 48.5 Å². The maximum Gasteiger partial charge on any atom is 0.241 e. The third kappa shape index (κ3) is 6.54. The number of hydrogen-bond donors (Lipinski definition) is 1. The van der Waals surface area contributed by atoms with Gasteiger partial charge in [-0.2, -0.15) is 0 Å². The topological polar surface area (TPSA) is 71.1 Å². The molecule has 1 atom stereocenters. The van der Waals surface area contributed by atoms with Crippen LogP contribution in [0.2, 0.25) is 0 Å². The summed E-state index contributed by atoms with van der Waals surface area (Å²) in [6.07, 6.45) is 0. The smallest absolute Gasteiger partial charge is 0.241 e. The van der Waals surface area contributed by atoms with Crippen LogP contribution < -0.4 is 14.8 Å². The minimum atomic E-state index is -0.237. The average molecular weight is 426 g/mol. The predicted octanol–water partition coefficient (Wildman–Crippen LogP) is 2.92. The fourth-order valence-corrected chi connectivity index (χ4v) is 3.57. The van der Waals surface area contributed by atoms with Gasteiger partial charge >= 0.3 is 0 Å². The molecule has 1 fully saturated rings. The van der Waals surface area contributed by atoms with Crippen molar-refractivity contribution < 1.29 is 19.1 Å². The number of ketones is 1. The number of Topliss-reactive ketones (excluding diaryl/α,β-unsaturated/α-hetero) is 1. The van der Waals surface area contributed by atoms with Crippen molar-refractivity contribution in [3.8, 4) is 11.5 Å². The molecule has 31 heavy (non-hydrogen) atoms. The Morgan fingerprint density at radius 1 is 1.03 bits per heavy atom. The van der Waals surface area contributed by atoms with Gasteiger partial charge in [0.25, 0.3) is 0 Å². The van der Waals surface area contributed by atoms with Crippen molar-refractivity contribution in [3.05, 3.63) is 54.1 Å². The number of carbonyl (C=O) groups excluding carboxylic acids is 2. The minimum absolute atomic E-state index is 0.0174. The lowest BCUT2D eigenvalue weighted by atomic mass is 10.1. The van der Waals surface area contributed by atoms with Crippen LogP contribution in [0.5, 0.6) is 11.5 Å². The Labute approximate surface area is 183 Å². The van der Waals surface area contributed by atoms with Crippen LogP contribution >= 0.6 is 0 Å². The maximum absolute atomic E-state index is 12.7. The largest absolute Gasteiger partial charge is 0.497 e. The zero-order valence-electron chi connectivity index (χ0n) is 18.5. The molecule has 0 aromatic heterocycles. The summed E-state index contributed by atoms with van der Waals surface area (Å²) in [5.74, 6) is 1.57. The Hall–Kier alpha value is -2.90. The molecule has 0 unspecified atom stereocenters. The Kier molecular flexibility index (Phi) is 8.03. The van der Waals surface area contributed by atoms with Gasteiger partial charge in [0.05, 0.1) is 13.2 Å². The highest BCUT2D eigenvalue weighted by molar-refractivity contribution is 5.98. The van der Waals surface area contributed by atoms with Crippen LogP contribution in [0.3, 0.4) is 0 Å². The van der Waals surface area contributed by atoms with Gasteiger partial charge in [-0.25, -0.2) is 0 Å². The molecule has 0 saturated carbocycles. The molecular weight excluding hydrogens is 394 g/mol. The lowest BCUT2D eigenvalue weighted by Crippen LogP contribution is -2.53. The van der Waals surface area contributed by atoms with Crippen molar-refractivity contribution in [2.24, 2.45) is 0 Å². The summed E-state index contributed by atoms with van der Waals surface area (Å²) in [6, 6.07) is 14.4. The van der Waals surface area contributed by atoms with Crippen molar-refractivity contribution in [2.75, 3.05) is 51.8 Å². The van der Waals surface area contributed by atoms with Gasteiger partial charge in [0.15, 0.2) is 5.78 Å². The van der Waals surface area contributed by atoms with Gasteiger partial charge in [-0.05, 0) is 50.2 Å². The quantitative estimate of drug-likeness (QED) is 0.623. The average Bonchev–Trinajstić information content (AvgIpc) is 2.79. The van der Waals surface area contributed by atoms with E-state index in [0.29, 0.717) is 17.9 Å². The molecule has 2 aromatic rings. The molecule has 1 N–H and O–H groups in total. The Morgan fingerprint density at radius 3 is 2.35 bits per heavy atom. The van der Waals surface area contributed by atoms with E-state index in [9.17, 15) is 9.59 Å². The second-order valence-electron chi connectivity index (χ2n) is 7.70. The molecule has 0 spiro atoms. The lowest BCUT2D eigenvalue weighted by Gasteiger charge is -2.37. The lowest BCUT2D eigenvalue weighted by molar-refractivity contribution is -0.121. The van der Waals surface area contributed by atoms with E-state index >= 15 is 0 Å². The highest BCUT2D eigenvalue weighted by atomic mass is 16.5. The first-order chi connectivity index (χ1) is 15.0. The van der Waals surface area contributed by atoms with E-state index in [1.807, 2.05) is 31.2 Å². The molecule has 1 saturated heterocycles. The molecule has 1 heterocycles. The van der Waals surface area contributed by atoms with Crippen molar-refractivity contribution in [3.63, 3.8) is 0 Å². The Morgan fingerprint density at radius 2 is 1.71 bits per heavy atom. The third-order valence-electron chi connectivity index (χ3n) is 5.61. The predicted molar refractivity (Wildman–Crippen MR) is 121 cm³/mol. The summed E-state index contributed by atoms with van der Waals surface area (Å²) in [5.41, 5.74) is 1.25. The van der Waals surface area contributed by atoms with Crippen molar-refractivity contribution in [1.29, 1.82) is 0 Å². The van der Waals surface area contributed by atoms with Gasteiger partial charge < -0.3 is 14.8 Å². The second kappa shape index (κ2) is 10.9. The number of hydrogen-bond acceptors (Lipinski definition) is 6. The fraction of sp³-hybridized carbons (Fsp3) is 0.417. The summed E-state index contributed by atoms with van der Waals surface area (Å²) < 4.78 is 11.0. The standard InChI is InChI=1S/C24H31N3O4/c1-18(24(29)25-21-6-4-5-20(17-21)19(2)28)27-13-11-26(12-14-27)15-16-31-23-9-7-22(30-3)8-10-23/h4-10,17-18H,11-16H2,1-3H3,(H,25,29)/t18-/m0/s1. The molecule has 7 heteroatoms. The first-order valence-corrected chi connectivity index (χ1v) is 10.6. The molecule has 166 valence electrons. The number of anilines is 1. The number of benzene rings is 2. The summed E-state index contributed by atoms with van der Waals surface area (Å²) >= 11 is 0. The SMILES string of the molecule is COc1ccc(OCCN2CCN([C@@H](C)C(=O)Nc3cccc(C(C)=O)c3)CC2)cc1. The number of carbonyl (C=O) groups is 2. The number of nitrogens with one attached hydrogen (secondary N) is 1. The number of rotatable bonds is 9. The highest BCUT2D eigenvalue weighted by Gasteiger charge is 2.25. The number of ether oxygens (including phenoxy) is 2. The van der Waals surface area contributed by atoms with Crippen LogP contribution in [0.25, 0.3) is 0 Å². The Balaban J connectivity index is 1.40. The van der Waals surface area contributed by atoms with Crippen LogP contribution in [0, 0.1) is 0 Å². The van der Waals surface area contributed by atoms with Gasteiger partial charge in [0, 0.05) is 44.0 Å². The number of amides is 1. The van der Waals surface area contributed by atoms with E-state index in [1.54, 1.807) is 31.4 Å². The van der Waals surface area contributed by atoms with Gasteiger partial charge in [0.1, 0.15) is 18.1 Å². The first-order valence-electron chi connectivity index (χ1n) is 10.6. The molecule has 1 aliphatic heterocycles. The van der Waals surface area contributed by atoms with Gasteiger partial charge in [-0.1, -0.05) is 12.1 Å². The van der Waals surface area contributed by atoms with Crippen LogP contribution in [-0.2, 0) is 4.79 Å². The van der Waals surface area contributed by atoms with Crippen LogP contribution in [0.4, 0.5) is 5.69 Å². The monoisotopic (exact) mass is 425 g/mol. The maximum atomic E-state index is 12.7. The molecule has 0 radical (unpaired) electrons. The van der Waals surface area contributed by atoms with E-state index < -0.39 is 0 Å². The van der Waals surface area contributed by atoms with Crippen LogP contribution in [0.1, 0.15) is 24.2 Å². The zero-order valence-corrected chi connectivity index (χ0v) is 18.5. The summed E-state index contributed by atoms with van der Waals surface area (Å²) in [7, 11) is 1.64. The zero-order chi connectivity index (χ0) is 22.2. The molecule has 3 rings (SSSR count). The normalized spacial score (nSPS) is 15.8. The van der Waals surface area contributed by atoms with Gasteiger partial charge in [-0.3, -0.25) is 19.4 Å². The van der Waals surface area contributed by atoms with E-state index in [2.05, 4.69) is 15.1 Å². The van der Waals surface area contributed by atoms with Crippen LogP contribution in [-0.4, -0.2) is 74.0 Å². The molecule has 1 amide bonds. The van der Waals surface area contributed by atoms with E-state index in [0.717, 1.165) is 44.2 Å². The second-order valence-corrected chi connectivity index (χ2v) is 7.70. The van der Waals surface area contributed by atoms with E-state index in [4.69, 9.17) is 9.47 Å². The molecule has 7 nitrogen and oxygen atoms in total. The molecule has 2 aromatic carbocycles. The highest BCUT2D eigenvalue weighted by Crippen LogP contribution is 2.17. The van der Waals surface area contributed by atoms with Crippen molar-refractivity contribution in [1.82, 2.24) is 9.80 Å². The van der Waals surface area contributed by atoms with Gasteiger partial charge in [-0.15, -0.1) is 0 Å². The molecular formula is C24H31N3O4. The summed E-state index contributed by atoms with van der Waals surface area (Å²) in [5, 5.41) is 2.93. The molecule has 1 aliphatic rings. The number of nitrogens with zero attached hydrogens (tertiary/aromatic N) is 2. The molecule has 0 bridgehead atoms. The summed E-state index contributed by atoms with van der Waals surface area (Å²) in [6.45, 7) is 8.34. The van der Waals surface area contributed by atoms with Crippen molar-refractivity contribution >= 4 is 17.4 Å². The molecule has 0 aliphatic carbocycles. The van der Waals surface area contributed by atoms with E-state index in [1.165, 1.54) is 6.92 Å². The van der Waals surface area contributed by atoms with Crippen molar-refractivity contribution in [2.45, 2.75) is 19.9 Å². The Bertz CT molecular complexity index is 877. The number of piperazine rings is 1. The van der Waals surface area contributed by atoms with E-state index in [-0.39, 0.29) is 17.7 Å². The van der Waals surface area contributed by atoms with Gasteiger partial charge in [0.2, 0.25) is 5.91 Å². The summed E-state index contributed by atoms with van der Waals surface area (Å²) in [4.78, 5) is 28.7. The third-order valence-corrected chi connectivity index (χ3v) is 5.61. The minimum Gasteiger partial charge on any atom is -0.497 e.